The summed E-state index contributed by atoms with van der Waals surface area (Å²) < 4.78 is 0. The molecule has 0 aliphatic carbocycles. The van der Waals surface area contributed by atoms with Crippen molar-refractivity contribution in [2.75, 3.05) is 16.0 Å². The van der Waals surface area contributed by atoms with Crippen molar-refractivity contribution in [2.45, 2.75) is 48.0 Å². The van der Waals surface area contributed by atoms with Gasteiger partial charge in [0.1, 0.15) is 0 Å². The SMILES string of the molecule is CC(C)(C)C(=O)Nc1cc(NC(=O)C(C)(C)C)cc(C(=O)Nc2ccc(CC(=O)O)cc2)c1. The van der Waals surface area contributed by atoms with Gasteiger partial charge >= 0.3 is 5.97 Å². The smallest absolute Gasteiger partial charge is 0.307 e. The van der Waals surface area contributed by atoms with Crippen molar-refractivity contribution in [3.63, 3.8) is 0 Å². The third-order valence-corrected chi connectivity index (χ3v) is 4.64. The van der Waals surface area contributed by atoms with Crippen LogP contribution >= 0.6 is 0 Å². The van der Waals surface area contributed by atoms with Crippen LogP contribution in [0.1, 0.15) is 57.5 Å². The number of hydrogen-bond acceptors (Lipinski definition) is 4. The Balaban J connectivity index is 2.32. The lowest BCUT2D eigenvalue weighted by Gasteiger charge is -2.20. The zero-order valence-electron chi connectivity index (χ0n) is 19.8. The van der Waals surface area contributed by atoms with Gasteiger partial charge in [-0.25, -0.2) is 0 Å². The molecule has 2 rings (SSSR count). The quantitative estimate of drug-likeness (QED) is 0.511. The van der Waals surface area contributed by atoms with Crippen LogP contribution in [0.15, 0.2) is 42.5 Å². The highest BCUT2D eigenvalue weighted by Crippen LogP contribution is 2.25. The lowest BCUT2D eigenvalue weighted by atomic mass is 9.95. The first-order valence-corrected chi connectivity index (χ1v) is 10.6. The summed E-state index contributed by atoms with van der Waals surface area (Å²) in [5.41, 5.74) is 0.793. The van der Waals surface area contributed by atoms with Gasteiger partial charge in [0.25, 0.3) is 5.91 Å². The molecule has 0 saturated carbocycles. The van der Waals surface area contributed by atoms with Crippen LogP contribution in [0.4, 0.5) is 17.1 Å². The van der Waals surface area contributed by atoms with Crippen LogP contribution in [0.5, 0.6) is 0 Å². The lowest BCUT2D eigenvalue weighted by molar-refractivity contribution is -0.136. The number of aliphatic carboxylic acids is 1. The monoisotopic (exact) mass is 453 g/mol. The van der Waals surface area contributed by atoms with E-state index in [1.165, 1.54) is 12.1 Å². The summed E-state index contributed by atoms with van der Waals surface area (Å²) >= 11 is 0. The van der Waals surface area contributed by atoms with E-state index in [1.807, 2.05) is 0 Å². The molecule has 0 atom stereocenters. The Kier molecular flexibility index (Phi) is 7.64. The molecule has 8 nitrogen and oxygen atoms in total. The molecular weight excluding hydrogens is 422 g/mol. The number of hydrogen-bond donors (Lipinski definition) is 4. The van der Waals surface area contributed by atoms with Crippen molar-refractivity contribution in [1.82, 2.24) is 0 Å². The molecule has 0 aliphatic heterocycles. The van der Waals surface area contributed by atoms with Gasteiger partial charge in [-0.3, -0.25) is 19.2 Å². The van der Waals surface area contributed by atoms with Crippen LogP contribution in [0.25, 0.3) is 0 Å². The van der Waals surface area contributed by atoms with E-state index in [9.17, 15) is 19.2 Å². The van der Waals surface area contributed by atoms with Gasteiger partial charge in [-0.05, 0) is 35.9 Å². The molecule has 0 unspecified atom stereocenters. The number of anilines is 3. The van der Waals surface area contributed by atoms with Gasteiger partial charge in [0.15, 0.2) is 0 Å². The Bertz CT molecular complexity index is 1010. The van der Waals surface area contributed by atoms with Crippen LogP contribution in [-0.4, -0.2) is 28.8 Å². The second-order valence-electron chi connectivity index (χ2n) is 9.93. The largest absolute Gasteiger partial charge is 0.481 e. The Labute approximate surface area is 193 Å². The molecule has 3 amide bonds. The average molecular weight is 454 g/mol. The Hall–Kier alpha value is -3.68. The minimum absolute atomic E-state index is 0.111. The highest BCUT2D eigenvalue weighted by atomic mass is 16.4. The number of rotatable bonds is 6. The van der Waals surface area contributed by atoms with Gasteiger partial charge in [-0.15, -0.1) is 0 Å². The van der Waals surface area contributed by atoms with Crippen LogP contribution < -0.4 is 16.0 Å². The first-order valence-electron chi connectivity index (χ1n) is 10.6. The normalized spacial score (nSPS) is 11.5. The second-order valence-corrected chi connectivity index (χ2v) is 9.93. The van der Waals surface area contributed by atoms with Crippen molar-refractivity contribution in [3.8, 4) is 0 Å². The number of carbonyl (C=O) groups is 4. The Morgan fingerprint density at radius 3 is 1.55 bits per heavy atom. The maximum atomic E-state index is 12.9. The van der Waals surface area contributed by atoms with Gasteiger partial charge in [0.2, 0.25) is 11.8 Å². The number of amides is 3. The van der Waals surface area contributed by atoms with Crippen molar-refractivity contribution in [3.05, 3.63) is 53.6 Å². The molecule has 0 aliphatic rings. The first kappa shape index (κ1) is 25.6. The maximum absolute atomic E-state index is 12.9. The van der Waals surface area contributed by atoms with E-state index in [0.717, 1.165) is 0 Å². The maximum Gasteiger partial charge on any atom is 0.307 e. The van der Waals surface area contributed by atoms with Crippen LogP contribution in [-0.2, 0) is 20.8 Å². The fourth-order valence-electron chi connectivity index (χ4n) is 2.62. The molecule has 4 N–H and O–H groups in total. The van der Waals surface area contributed by atoms with E-state index in [-0.39, 0.29) is 23.8 Å². The third kappa shape index (κ3) is 7.75. The minimum atomic E-state index is -0.939. The minimum Gasteiger partial charge on any atom is -0.481 e. The predicted octanol–water partition coefficient (Wildman–Crippen LogP) is 4.54. The third-order valence-electron chi connectivity index (χ3n) is 4.64. The summed E-state index contributed by atoms with van der Waals surface area (Å²) in [6.07, 6.45) is -0.111. The molecule has 0 aromatic heterocycles. The van der Waals surface area contributed by atoms with Gasteiger partial charge in [-0.1, -0.05) is 53.7 Å². The molecular formula is C25H31N3O5. The predicted molar refractivity (Wildman–Crippen MR) is 128 cm³/mol. The molecule has 0 fully saturated rings. The zero-order chi connectivity index (χ0) is 25.0. The Morgan fingerprint density at radius 2 is 1.15 bits per heavy atom. The van der Waals surface area contributed by atoms with E-state index in [4.69, 9.17) is 5.11 Å². The second kappa shape index (κ2) is 9.85. The molecule has 0 spiro atoms. The average Bonchev–Trinajstić information content (AvgIpc) is 2.67. The molecule has 2 aromatic carbocycles. The highest BCUT2D eigenvalue weighted by molar-refractivity contribution is 6.07. The van der Waals surface area contributed by atoms with E-state index in [0.29, 0.717) is 22.6 Å². The summed E-state index contributed by atoms with van der Waals surface area (Å²) in [4.78, 5) is 48.7. The molecule has 2 aromatic rings. The summed E-state index contributed by atoms with van der Waals surface area (Å²) in [5, 5.41) is 17.2. The summed E-state index contributed by atoms with van der Waals surface area (Å²) in [6.45, 7) is 10.6. The number of nitrogens with one attached hydrogen (secondary N) is 3. The van der Waals surface area contributed by atoms with Crippen LogP contribution in [0.3, 0.4) is 0 Å². The summed E-state index contributed by atoms with van der Waals surface area (Å²) in [6, 6.07) is 11.1. The fourth-order valence-corrected chi connectivity index (χ4v) is 2.62. The van der Waals surface area contributed by atoms with Gasteiger partial charge in [0.05, 0.1) is 6.42 Å². The number of carboxylic acid groups (broad SMARTS) is 1. The molecule has 0 heterocycles. The van der Waals surface area contributed by atoms with Gasteiger partial charge in [-0.2, -0.15) is 0 Å². The Morgan fingerprint density at radius 1 is 0.697 bits per heavy atom. The van der Waals surface area contributed by atoms with Crippen molar-refractivity contribution in [1.29, 1.82) is 0 Å². The van der Waals surface area contributed by atoms with Crippen molar-refractivity contribution < 1.29 is 24.3 Å². The molecule has 0 radical (unpaired) electrons. The first-order chi connectivity index (χ1) is 15.1. The lowest BCUT2D eigenvalue weighted by Crippen LogP contribution is -2.29. The number of carbonyl (C=O) groups excluding carboxylic acids is 3. The summed E-state index contributed by atoms with van der Waals surface area (Å²) in [7, 11) is 0. The molecule has 0 bridgehead atoms. The molecule has 0 saturated heterocycles. The van der Waals surface area contributed by atoms with E-state index < -0.39 is 22.7 Å². The van der Waals surface area contributed by atoms with Crippen molar-refractivity contribution >= 4 is 40.8 Å². The van der Waals surface area contributed by atoms with E-state index in [2.05, 4.69) is 16.0 Å². The van der Waals surface area contributed by atoms with Gasteiger partial charge < -0.3 is 21.1 Å². The van der Waals surface area contributed by atoms with Crippen molar-refractivity contribution in [2.24, 2.45) is 10.8 Å². The van der Waals surface area contributed by atoms with Gasteiger partial charge in [0, 0.05) is 33.5 Å². The van der Waals surface area contributed by atoms with Crippen LogP contribution in [0, 0.1) is 10.8 Å². The molecule has 33 heavy (non-hydrogen) atoms. The zero-order valence-corrected chi connectivity index (χ0v) is 19.8. The van der Waals surface area contributed by atoms with E-state index in [1.54, 1.807) is 71.9 Å². The topological polar surface area (TPSA) is 125 Å². The molecule has 176 valence electrons. The van der Waals surface area contributed by atoms with E-state index >= 15 is 0 Å². The molecule has 8 heteroatoms. The standard InChI is InChI=1S/C25H31N3O5/c1-24(2,3)22(32)27-18-12-16(13-19(14-18)28-23(33)25(4,5)6)21(31)26-17-9-7-15(8-10-17)11-20(29)30/h7-10,12-14H,11H2,1-6H3,(H,26,31)(H,27,32)(H,28,33)(H,29,30). The number of carboxylic acids is 1. The highest BCUT2D eigenvalue weighted by Gasteiger charge is 2.24. The number of benzene rings is 2. The van der Waals surface area contributed by atoms with Crippen LogP contribution in [0.2, 0.25) is 0 Å². The fraction of sp³-hybridized carbons (Fsp3) is 0.360. The summed E-state index contributed by atoms with van der Waals surface area (Å²) in [5.74, 6) is -1.85.